The molecule has 1 aromatic heterocycles. The number of rotatable bonds is 5. The fraction of sp³-hybridized carbons (Fsp3) is 0.429. The molecule has 0 aliphatic rings. The Balaban J connectivity index is 1.99. The Morgan fingerprint density at radius 2 is 2.11 bits per heavy atom. The lowest BCUT2D eigenvalue weighted by molar-refractivity contribution is 0.371. The van der Waals surface area contributed by atoms with Crippen molar-refractivity contribution >= 4 is 5.69 Å². The van der Waals surface area contributed by atoms with Gasteiger partial charge < -0.3 is 15.0 Å². The molecule has 0 unspecified atom stereocenters. The summed E-state index contributed by atoms with van der Waals surface area (Å²) in [6.45, 7) is 4.08. The molecule has 0 spiro atoms. The Morgan fingerprint density at radius 1 is 1.32 bits per heavy atom. The van der Waals surface area contributed by atoms with E-state index >= 15 is 0 Å². The van der Waals surface area contributed by atoms with Crippen LogP contribution in [0, 0.1) is 0 Å². The van der Waals surface area contributed by atoms with Crippen molar-refractivity contribution in [1.82, 2.24) is 10.1 Å². The van der Waals surface area contributed by atoms with Gasteiger partial charge in [-0.05, 0) is 24.1 Å². The number of methoxy groups -OCH3 is 1. The molecule has 0 aliphatic carbocycles. The number of nitrogens with zero attached hydrogens (tertiary/aromatic N) is 2. The molecule has 0 saturated carbocycles. The third-order valence-corrected chi connectivity index (χ3v) is 2.92. The molecule has 0 saturated heterocycles. The first-order valence-corrected chi connectivity index (χ1v) is 6.35. The van der Waals surface area contributed by atoms with Crippen molar-refractivity contribution in [3.63, 3.8) is 0 Å². The molecule has 2 aromatic rings. The van der Waals surface area contributed by atoms with Crippen molar-refractivity contribution in [2.75, 3.05) is 12.8 Å². The van der Waals surface area contributed by atoms with Gasteiger partial charge in [-0.3, -0.25) is 0 Å². The summed E-state index contributed by atoms with van der Waals surface area (Å²) in [6.07, 6.45) is 1.53. The van der Waals surface area contributed by atoms with E-state index in [1.807, 2.05) is 32.0 Å². The second-order valence-corrected chi connectivity index (χ2v) is 4.78. The van der Waals surface area contributed by atoms with Crippen LogP contribution in [0.3, 0.4) is 0 Å². The Bertz CT molecular complexity index is 549. The number of nitrogen functional groups attached to an aromatic ring is 1. The van der Waals surface area contributed by atoms with Crippen molar-refractivity contribution in [3.8, 4) is 5.75 Å². The summed E-state index contributed by atoms with van der Waals surface area (Å²) < 4.78 is 10.3. The van der Waals surface area contributed by atoms with Crippen LogP contribution in [0.15, 0.2) is 22.7 Å². The summed E-state index contributed by atoms with van der Waals surface area (Å²) in [5.41, 5.74) is 7.64. The molecule has 5 heteroatoms. The van der Waals surface area contributed by atoms with E-state index < -0.39 is 0 Å². The molecule has 2 rings (SSSR count). The maximum absolute atomic E-state index is 5.87. The van der Waals surface area contributed by atoms with Gasteiger partial charge in [0, 0.05) is 12.3 Å². The Labute approximate surface area is 112 Å². The molecule has 102 valence electrons. The molecule has 0 aliphatic heterocycles. The maximum atomic E-state index is 5.87. The number of aryl methyl sites for hydroxylation is 2. The van der Waals surface area contributed by atoms with Crippen LogP contribution in [0.2, 0.25) is 0 Å². The van der Waals surface area contributed by atoms with Crippen molar-refractivity contribution in [3.05, 3.63) is 35.5 Å². The topological polar surface area (TPSA) is 74.2 Å². The van der Waals surface area contributed by atoms with Crippen LogP contribution in [-0.2, 0) is 12.8 Å². The highest BCUT2D eigenvalue weighted by atomic mass is 16.5. The molecule has 0 atom stereocenters. The third kappa shape index (κ3) is 3.24. The van der Waals surface area contributed by atoms with Gasteiger partial charge in [0.05, 0.1) is 12.8 Å². The van der Waals surface area contributed by atoms with E-state index in [4.69, 9.17) is 15.0 Å². The number of hydrogen-bond donors (Lipinski definition) is 1. The lowest BCUT2D eigenvalue weighted by atomic mass is 10.1. The Hall–Kier alpha value is -2.04. The predicted octanol–water partition coefficient (Wildman–Crippen LogP) is 2.57. The molecular weight excluding hydrogens is 242 g/mol. The molecule has 0 fully saturated rings. The van der Waals surface area contributed by atoms with Gasteiger partial charge >= 0.3 is 0 Å². The number of aromatic nitrogens is 2. The fourth-order valence-electron chi connectivity index (χ4n) is 1.79. The normalized spacial score (nSPS) is 10.9. The zero-order valence-corrected chi connectivity index (χ0v) is 11.5. The van der Waals surface area contributed by atoms with Gasteiger partial charge in [0.15, 0.2) is 5.82 Å². The van der Waals surface area contributed by atoms with Crippen molar-refractivity contribution in [2.24, 2.45) is 0 Å². The van der Waals surface area contributed by atoms with Gasteiger partial charge in [0.25, 0.3) is 0 Å². The summed E-state index contributed by atoms with van der Waals surface area (Å²) in [7, 11) is 1.61. The van der Waals surface area contributed by atoms with Gasteiger partial charge in [-0.25, -0.2) is 0 Å². The van der Waals surface area contributed by atoms with E-state index in [-0.39, 0.29) is 5.92 Å². The second kappa shape index (κ2) is 5.73. The highest BCUT2D eigenvalue weighted by Crippen LogP contribution is 2.22. The number of ether oxygens (including phenoxy) is 1. The minimum atomic E-state index is 0.286. The lowest BCUT2D eigenvalue weighted by Gasteiger charge is -2.06. The fourth-order valence-corrected chi connectivity index (χ4v) is 1.79. The molecular formula is C14H19N3O2. The van der Waals surface area contributed by atoms with Crippen molar-refractivity contribution in [2.45, 2.75) is 32.6 Å². The van der Waals surface area contributed by atoms with Crippen molar-refractivity contribution in [1.29, 1.82) is 0 Å². The Kier molecular flexibility index (Phi) is 4.04. The van der Waals surface area contributed by atoms with Crippen molar-refractivity contribution < 1.29 is 9.26 Å². The summed E-state index contributed by atoms with van der Waals surface area (Å²) in [5.74, 6) is 2.40. The van der Waals surface area contributed by atoms with E-state index in [0.717, 1.165) is 17.8 Å². The molecule has 1 aromatic carbocycles. The molecule has 5 nitrogen and oxygen atoms in total. The van der Waals surface area contributed by atoms with Crippen LogP contribution in [-0.4, -0.2) is 17.3 Å². The molecule has 19 heavy (non-hydrogen) atoms. The molecule has 1 heterocycles. The van der Waals surface area contributed by atoms with Crippen LogP contribution in [0.25, 0.3) is 0 Å². The third-order valence-electron chi connectivity index (χ3n) is 2.92. The highest BCUT2D eigenvalue weighted by Gasteiger charge is 2.10. The SMILES string of the molecule is COc1ccc(CCc2nc(C(C)C)no2)cc1N. The first-order valence-electron chi connectivity index (χ1n) is 6.35. The van der Waals surface area contributed by atoms with Crippen LogP contribution >= 0.6 is 0 Å². The minimum absolute atomic E-state index is 0.286. The smallest absolute Gasteiger partial charge is 0.226 e. The second-order valence-electron chi connectivity index (χ2n) is 4.78. The number of nitrogens with two attached hydrogens (primary N) is 1. The van der Waals surface area contributed by atoms with E-state index in [1.165, 1.54) is 0 Å². The standard InChI is InChI=1S/C14H19N3O2/c1-9(2)14-16-13(19-17-14)7-5-10-4-6-12(18-3)11(15)8-10/h4,6,8-9H,5,7,15H2,1-3H3. The van der Waals surface area contributed by atoms with Gasteiger partial charge in [0.2, 0.25) is 5.89 Å². The monoisotopic (exact) mass is 261 g/mol. The summed E-state index contributed by atoms with van der Waals surface area (Å²) in [4.78, 5) is 4.35. The van der Waals surface area contributed by atoms with Crippen LogP contribution < -0.4 is 10.5 Å². The van der Waals surface area contributed by atoms with Gasteiger partial charge in [-0.2, -0.15) is 4.98 Å². The van der Waals surface area contributed by atoms with Gasteiger partial charge in [-0.15, -0.1) is 0 Å². The number of benzene rings is 1. The highest BCUT2D eigenvalue weighted by molar-refractivity contribution is 5.54. The predicted molar refractivity (Wildman–Crippen MR) is 73.2 cm³/mol. The first-order chi connectivity index (χ1) is 9.10. The average molecular weight is 261 g/mol. The van der Waals surface area contributed by atoms with E-state index in [9.17, 15) is 0 Å². The summed E-state index contributed by atoms with van der Waals surface area (Å²) in [6, 6.07) is 5.78. The van der Waals surface area contributed by atoms with Crippen LogP contribution in [0.4, 0.5) is 5.69 Å². The molecule has 2 N–H and O–H groups in total. The zero-order chi connectivity index (χ0) is 13.8. The van der Waals surface area contributed by atoms with Gasteiger partial charge in [0.1, 0.15) is 5.75 Å². The van der Waals surface area contributed by atoms with Crippen LogP contribution in [0.1, 0.15) is 37.0 Å². The lowest BCUT2D eigenvalue weighted by Crippen LogP contribution is -1.97. The minimum Gasteiger partial charge on any atom is -0.495 e. The average Bonchev–Trinajstić information content (AvgIpc) is 2.85. The number of hydrogen-bond acceptors (Lipinski definition) is 5. The number of anilines is 1. The molecule has 0 amide bonds. The summed E-state index contributed by atoms with van der Waals surface area (Å²) >= 11 is 0. The van der Waals surface area contributed by atoms with Crippen LogP contribution in [0.5, 0.6) is 5.75 Å². The maximum Gasteiger partial charge on any atom is 0.226 e. The Morgan fingerprint density at radius 3 is 2.68 bits per heavy atom. The van der Waals surface area contributed by atoms with E-state index in [2.05, 4.69) is 10.1 Å². The zero-order valence-electron chi connectivity index (χ0n) is 11.5. The van der Waals surface area contributed by atoms with Gasteiger partial charge in [-0.1, -0.05) is 25.1 Å². The van der Waals surface area contributed by atoms with E-state index in [0.29, 0.717) is 23.7 Å². The largest absolute Gasteiger partial charge is 0.495 e. The molecule has 0 radical (unpaired) electrons. The summed E-state index contributed by atoms with van der Waals surface area (Å²) in [5, 5.41) is 3.94. The quantitative estimate of drug-likeness (QED) is 0.837. The van der Waals surface area contributed by atoms with E-state index in [1.54, 1.807) is 7.11 Å². The first kappa shape index (κ1) is 13.4. The molecule has 0 bridgehead atoms.